The summed E-state index contributed by atoms with van der Waals surface area (Å²) in [4.78, 5) is 0. The molecule has 0 aliphatic carbocycles. The molecule has 1 aromatic rings. The van der Waals surface area contributed by atoms with E-state index in [4.69, 9.17) is 4.74 Å². The highest BCUT2D eigenvalue weighted by molar-refractivity contribution is 5.10. The summed E-state index contributed by atoms with van der Waals surface area (Å²) < 4.78 is 8.20. The molecule has 1 atom stereocenters. The molecule has 0 radical (unpaired) electrons. The fraction of sp³-hybridized carbons (Fsp3) is 0.846. The molecular formula is C13H21N3O. The van der Waals surface area contributed by atoms with Crippen molar-refractivity contribution in [2.24, 2.45) is 5.41 Å². The highest BCUT2D eigenvalue weighted by Gasteiger charge is 2.39. The Bertz CT molecular complexity index is 430. The van der Waals surface area contributed by atoms with Crippen LogP contribution in [0.4, 0.5) is 0 Å². The van der Waals surface area contributed by atoms with Gasteiger partial charge >= 0.3 is 0 Å². The van der Waals surface area contributed by atoms with Gasteiger partial charge < -0.3 is 9.30 Å². The van der Waals surface area contributed by atoms with Gasteiger partial charge in [-0.2, -0.15) is 0 Å². The third kappa shape index (κ3) is 1.79. The lowest BCUT2D eigenvalue weighted by Crippen LogP contribution is -2.33. The van der Waals surface area contributed by atoms with Crippen molar-refractivity contribution in [1.29, 1.82) is 0 Å². The molecule has 4 nitrogen and oxygen atoms in total. The van der Waals surface area contributed by atoms with Gasteiger partial charge in [-0.3, -0.25) is 0 Å². The van der Waals surface area contributed by atoms with E-state index in [1.807, 2.05) is 0 Å². The van der Waals surface area contributed by atoms with Gasteiger partial charge in [0, 0.05) is 19.6 Å². The van der Waals surface area contributed by atoms with E-state index in [2.05, 4.69) is 35.5 Å². The zero-order valence-electron chi connectivity index (χ0n) is 11.0. The van der Waals surface area contributed by atoms with Crippen LogP contribution in [0, 0.1) is 5.41 Å². The number of aryl methyl sites for hydroxylation is 1. The normalized spacial score (nSPS) is 31.5. The average molecular weight is 235 g/mol. The first-order valence-electron chi connectivity index (χ1n) is 6.57. The Morgan fingerprint density at radius 1 is 1.18 bits per heavy atom. The van der Waals surface area contributed by atoms with Crippen LogP contribution in [-0.2, 0) is 23.3 Å². The molecule has 0 unspecified atom stereocenters. The zero-order valence-corrected chi connectivity index (χ0v) is 11.0. The number of rotatable bonds is 1. The lowest BCUT2D eigenvalue weighted by atomic mass is 9.84. The quantitative estimate of drug-likeness (QED) is 0.749. The third-order valence-corrected chi connectivity index (χ3v) is 4.13. The van der Waals surface area contributed by atoms with Crippen LogP contribution in [0.3, 0.4) is 0 Å². The number of aromatic nitrogens is 3. The SMILES string of the molecule is CC1(C)CCc2nnc([C@]3(C)CCCO3)n2C1. The Labute approximate surface area is 102 Å². The monoisotopic (exact) mass is 235 g/mol. The predicted molar refractivity (Wildman–Crippen MR) is 64.7 cm³/mol. The van der Waals surface area contributed by atoms with Gasteiger partial charge in [0.1, 0.15) is 11.4 Å². The molecule has 2 aliphatic heterocycles. The van der Waals surface area contributed by atoms with Crippen molar-refractivity contribution in [2.45, 2.75) is 58.6 Å². The van der Waals surface area contributed by atoms with Crippen LogP contribution in [0.15, 0.2) is 0 Å². The summed E-state index contributed by atoms with van der Waals surface area (Å²) in [7, 11) is 0. The molecule has 4 heteroatoms. The number of fused-ring (bicyclic) bond motifs is 1. The summed E-state index contributed by atoms with van der Waals surface area (Å²) in [5.74, 6) is 2.17. The van der Waals surface area contributed by atoms with Gasteiger partial charge in [-0.15, -0.1) is 10.2 Å². The van der Waals surface area contributed by atoms with E-state index in [-0.39, 0.29) is 5.60 Å². The second-order valence-corrected chi connectivity index (χ2v) is 6.37. The second-order valence-electron chi connectivity index (χ2n) is 6.37. The van der Waals surface area contributed by atoms with E-state index >= 15 is 0 Å². The fourth-order valence-corrected chi connectivity index (χ4v) is 2.99. The number of ether oxygens (including phenoxy) is 1. The molecule has 0 amide bonds. The summed E-state index contributed by atoms with van der Waals surface area (Å²) in [6, 6.07) is 0. The van der Waals surface area contributed by atoms with Crippen LogP contribution in [0.2, 0.25) is 0 Å². The highest BCUT2D eigenvalue weighted by atomic mass is 16.5. The first-order chi connectivity index (χ1) is 8.00. The molecule has 17 heavy (non-hydrogen) atoms. The summed E-state index contributed by atoms with van der Waals surface area (Å²) in [5, 5.41) is 8.75. The summed E-state index contributed by atoms with van der Waals surface area (Å²) in [6.07, 6.45) is 4.42. The van der Waals surface area contributed by atoms with E-state index in [9.17, 15) is 0 Å². The lowest BCUT2D eigenvalue weighted by molar-refractivity contribution is 0.00407. The smallest absolute Gasteiger partial charge is 0.165 e. The van der Waals surface area contributed by atoms with Gasteiger partial charge in [0.25, 0.3) is 0 Å². The number of hydrogen-bond acceptors (Lipinski definition) is 3. The zero-order chi connectivity index (χ0) is 12.1. The van der Waals surface area contributed by atoms with Crippen LogP contribution in [-0.4, -0.2) is 21.4 Å². The number of nitrogens with zero attached hydrogens (tertiary/aromatic N) is 3. The molecule has 0 spiro atoms. The minimum atomic E-state index is -0.210. The van der Waals surface area contributed by atoms with Crippen molar-refractivity contribution in [3.8, 4) is 0 Å². The molecule has 3 heterocycles. The van der Waals surface area contributed by atoms with Crippen molar-refractivity contribution in [3.05, 3.63) is 11.6 Å². The predicted octanol–water partition coefficient (Wildman–Crippen LogP) is 2.28. The minimum Gasteiger partial charge on any atom is -0.367 e. The van der Waals surface area contributed by atoms with Crippen LogP contribution in [0.1, 0.15) is 51.7 Å². The van der Waals surface area contributed by atoms with E-state index in [1.165, 1.54) is 6.42 Å². The minimum absolute atomic E-state index is 0.210. The Balaban J connectivity index is 2.00. The van der Waals surface area contributed by atoms with Gasteiger partial charge in [-0.05, 0) is 31.6 Å². The second kappa shape index (κ2) is 3.55. The Hall–Kier alpha value is -0.900. The van der Waals surface area contributed by atoms with Crippen molar-refractivity contribution < 1.29 is 4.74 Å². The topological polar surface area (TPSA) is 39.9 Å². The van der Waals surface area contributed by atoms with Gasteiger partial charge in [-0.1, -0.05) is 13.8 Å². The third-order valence-electron chi connectivity index (χ3n) is 4.13. The molecule has 0 bridgehead atoms. The first kappa shape index (κ1) is 11.2. The maximum absolute atomic E-state index is 5.90. The van der Waals surface area contributed by atoms with Crippen LogP contribution in [0.25, 0.3) is 0 Å². The van der Waals surface area contributed by atoms with Crippen LogP contribution in [0.5, 0.6) is 0 Å². The van der Waals surface area contributed by atoms with Crippen molar-refractivity contribution >= 4 is 0 Å². The van der Waals surface area contributed by atoms with Crippen LogP contribution >= 0.6 is 0 Å². The molecule has 0 saturated carbocycles. The first-order valence-corrected chi connectivity index (χ1v) is 6.57. The van der Waals surface area contributed by atoms with Crippen molar-refractivity contribution in [2.75, 3.05) is 6.61 Å². The highest BCUT2D eigenvalue weighted by Crippen LogP contribution is 2.38. The van der Waals surface area contributed by atoms with E-state index < -0.39 is 0 Å². The van der Waals surface area contributed by atoms with Crippen molar-refractivity contribution in [3.63, 3.8) is 0 Å². The largest absolute Gasteiger partial charge is 0.367 e. The van der Waals surface area contributed by atoms with Crippen molar-refractivity contribution in [1.82, 2.24) is 14.8 Å². The molecule has 0 aromatic carbocycles. The summed E-state index contributed by atoms with van der Waals surface area (Å²) >= 11 is 0. The standard InChI is InChI=1S/C13H21N3O/c1-12(2)7-5-10-14-15-11(16(10)9-12)13(3)6-4-8-17-13/h4-9H2,1-3H3/t13-/m0/s1. The van der Waals surface area contributed by atoms with E-state index in [0.29, 0.717) is 5.41 Å². The maximum Gasteiger partial charge on any atom is 0.165 e. The van der Waals surface area contributed by atoms with Gasteiger partial charge in [0.05, 0.1) is 0 Å². The van der Waals surface area contributed by atoms with Gasteiger partial charge in [0.2, 0.25) is 0 Å². The Morgan fingerprint density at radius 3 is 2.71 bits per heavy atom. The fourth-order valence-electron chi connectivity index (χ4n) is 2.99. The molecule has 94 valence electrons. The molecular weight excluding hydrogens is 214 g/mol. The van der Waals surface area contributed by atoms with Gasteiger partial charge in [-0.25, -0.2) is 0 Å². The summed E-state index contributed by atoms with van der Waals surface area (Å²) in [5.41, 5.74) is 0.137. The molecule has 1 aromatic heterocycles. The lowest BCUT2D eigenvalue weighted by Gasteiger charge is -2.33. The molecule has 1 saturated heterocycles. The van der Waals surface area contributed by atoms with Crippen LogP contribution < -0.4 is 0 Å². The van der Waals surface area contributed by atoms with E-state index in [0.717, 1.165) is 44.1 Å². The number of hydrogen-bond donors (Lipinski definition) is 0. The Morgan fingerprint density at radius 2 is 2.00 bits per heavy atom. The molecule has 3 rings (SSSR count). The van der Waals surface area contributed by atoms with E-state index in [1.54, 1.807) is 0 Å². The molecule has 0 N–H and O–H groups in total. The maximum atomic E-state index is 5.90. The molecule has 2 aliphatic rings. The average Bonchev–Trinajstić information content (AvgIpc) is 2.83. The molecule has 1 fully saturated rings. The van der Waals surface area contributed by atoms with Gasteiger partial charge in [0.15, 0.2) is 5.82 Å². The summed E-state index contributed by atoms with van der Waals surface area (Å²) in [6.45, 7) is 8.65. The Kier molecular flexibility index (Phi) is 2.34.